The number of anilines is 2. The lowest BCUT2D eigenvalue weighted by molar-refractivity contribution is 0.391. The van der Waals surface area contributed by atoms with Crippen LogP contribution >= 0.6 is 0 Å². The van der Waals surface area contributed by atoms with Crippen LogP contribution in [0.25, 0.3) is 0 Å². The number of nitrogens with two attached hydrogens (primary N) is 1. The van der Waals surface area contributed by atoms with Gasteiger partial charge in [0.2, 0.25) is 0 Å². The van der Waals surface area contributed by atoms with Crippen LogP contribution in [0, 0.1) is 0 Å². The molecule has 2 aromatic rings. The van der Waals surface area contributed by atoms with Gasteiger partial charge in [0.05, 0.1) is 26.1 Å². The Balaban J connectivity index is 2.11. The number of benzene rings is 1. The van der Waals surface area contributed by atoms with Crippen LogP contribution in [0.2, 0.25) is 0 Å². The summed E-state index contributed by atoms with van der Waals surface area (Å²) in [5.41, 5.74) is 7.31. The number of hydrogen-bond donors (Lipinski definition) is 3. The molecule has 0 fully saturated rings. The highest BCUT2D eigenvalue weighted by molar-refractivity contribution is 5.59. The minimum Gasteiger partial charge on any atom is -0.497 e. The van der Waals surface area contributed by atoms with Crippen molar-refractivity contribution in [2.75, 3.05) is 25.3 Å². The molecule has 0 radical (unpaired) electrons. The van der Waals surface area contributed by atoms with Crippen molar-refractivity contribution in [3.63, 3.8) is 0 Å². The number of aromatic amines is 1. The zero-order valence-electron chi connectivity index (χ0n) is 10.4. The average Bonchev–Trinajstić information content (AvgIpc) is 2.81. The van der Waals surface area contributed by atoms with Crippen molar-refractivity contribution in [3.05, 3.63) is 30.0 Å². The number of methoxy groups -OCH3 is 2. The van der Waals surface area contributed by atoms with Crippen molar-refractivity contribution >= 4 is 11.5 Å². The number of H-pyrrole nitrogens is 1. The summed E-state index contributed by atoms with van der Waals surface area (Å²) in [6.07, 6.45) is 1.56. The summed E-state index contributed by atoms with van der Waals surface area (Å²) in [7, 11) is 3.25. The van der Waals surface area contributed by atoms with Crippen LogP contribution < -0.4 is 20.5 Å². The summed E-state index contributed by atoms with van der Waals surface area (Å²) in [4.78, 5) is 0. The van der Waals surface area contributed by atoms with Gasteiger partial charge in [-0.05, 0) is 12.1 Å². The smallest absolute Gasteiger partial charge is 0.145 e. The summed E-state index contributed by atoms with van der Waals surface area (Å²) in [5.74, 6) is 2.23. The maximum Gasteiger partial charge on any atom is 0.145 e. The first-order chi connectivity index (χ1) is 8.74. The van der Waals surface area contributed by atoms with E-state index in [4.69, 9.17) is 15.2 Å². The van der Waals surface area contributed by atoms with Gasteiger partial charge >= 0.3 is 0 Å². The normalized spacial score (nSPS) is 10.1. The molecule has 0 aliphatic carbocycles. The molecule has 2 rings (SSSR count). The zero-order valence-corrected chi connectivity index (χ0v) is 10.4. The SMILES string of the molecule is COc1ccc(CNc2[nH]ncc2N)c(OC)c1. The van der Waals surface area contributed by atoms with Gasteiger partial charge in [-0.15, -0.1) is 0 Å². The quantitative estimate of drug-likeness (QED) is 0.748. The first kappa shape index (κ1) is 12.1. The number of aromatic nitrogens is 2. The standard InChI is InChI=1S/C12H16N4O2/c1-17-9-4-3-8(11(5-9)18-2)6-14-12-10(13)7-15-16-12/h3-5,7H,6,13H2,1-2H3,(H2,14,15,16). The Morgan fingerprint density at radius 2 is 2.17 bits per heavy atom. The van der Waals surface area contributed by atoms with Crippen LogP contribution in [0.5, 0.6) is 11.5 Å². The molecule has 0 saturated carbocycles. The number of nitrogens with one attached hydrogen (secondary N) is 2. The fourth-order valence-electron chi connectivity index (χ4n) is 1.62. The van der Waals surface area contributed by atoms with Crippen molar-refractivity contribution in [1.29, 1.82) is 0 Å². The van der Waals surface area contributed by atoms with E-state index >= 15 is 0 Å². The van der Waals surface area contributed by atoms with Crippen molar-refractivity contribution < 1.29 is 9.47 Å². The molecular formula is C12H16N4O2. The lowest BCUT2D eigenvalue weighted by Crippen LogP contribution is -2.04. The fraction of sp³-hybridized carbons (Fsp3) is 0.250. The highest BCUT2D eigenvalue weighted by atomic mass is 16.5. The van der Waals surface area contributed by atoms with E-state index in [0.717, 1.165) is 17.1 Å². The van der Waals surface area contributed by atoms with Gasteiger partial charge in [-0.3, -0.25) is 5.10 Å². The number of nitrogen functional groups attached to an aromatic ring is 1. The third kappa shape index (κ3) is 2.48. The van der Waals surface area contributed by atoms with Crippen LogP contribution in [0.1, 0.15) is 5.56 Å². The van der Waals surface area contributed by atoms with Gasteiger partial charge in [-0.25, -0.2) is 0 Å². The monoisotopic (exact) mass is 248 g/mol. The molecule has 0 amide bonds. The zero-order chi connectivity index (χ0) is 13.0. The van der Waals surface area contributed by atoms with Crippen LogP contribution in [0.4, 0.5) is 11.5 Å². The van der Waals surface area contributed by atoms with E-state index in [2.05, 4.69) is 15.5 Å². The van der Waals surface area contributed by atoms with E-state index in [1.54, 1.807) is 20.4 Å². The van der Waals surface area contributed by atoms with Gasteiger partial charge in [-0.2, -0.15) is 5.10 Å². The molecule has 1 aromatic heterocycles. The van der Waals surface area contributed by atoms with Gasteiger partial charge in [0.25, 0.3) is 0 Å². The highest BCUT2D eigenvalue weighted by Crippen LogP contribution is 2.25. The van der Waals surface area contributed by atoms with Gasteiger partial charge in [0, 0.05) is 18.2 Å². The second-order valence-corrected chi connectivity index (χ2v) is 3.73. The first-order valence-electron chi connectivity index (χ1n) is 5.48. The molecule has 18 heavy (non-hydrogen) atoms. The number of ether oxygens (including phenoxy) is 2. The van der Waals surface area contributed by atoms with Crippen molar-refractivity contribution in [2.24, 2.45) is 0 Å². The summed E-state index contributed by atoms with van der Waals surface area (Å²) in [6, 6.07) is 5.67. The summed E-state index contributed by atoms with van der Waals surface area (Å²) in [6.45, 7) is 0.583. The number of nitrogens with zero attached hydrogens (tertiary/aromatic N) is 1. The van der Waals surface area contributed by atoms with Gasteiger partial charge in [-0.1, -0.05) is 0 Å². The summed E-state index contributed by atoms with van der Waals surface area (Å²) < 4.78 is 10.5. The minimum absolute atomic E-state index is 0.583. The van der Waals surface area contributed by atoms with Crippen molar-refractivity contribution in [3.8, 4) is 11.5 Å². The maximum atomic E-state index is 5.71. The largest absolute Gasteiger partial charge is 0.497 e. The predicted molar refractivity (Wildman–Crippen MR) is 69.9 cm³/mol. The van der Waals surface area contributed by atoms with Gasteiger partial charge in [0.15, 0.2) is 0 Å². The molecular weight excluding hydrogens is 232 g/mol. The van der Waals surface area contributed by atoms with E-state index in [1.165, 1.54) is 0 Å². The highest BCUT2D eigenvalue weighted by Gasteiger charge is 2.06. The molecule has 96 valence electrons. The molecule has 0 aliphatic heterocycles. The Labute approximate surface area is 105 Å². The van der Waals surface area contributed by atoms with Gasteiger partial charge < -0.3 is 20.5 Å². The van der Waals surface area contributed by atoms with Crippen LogP contribution in [-0.4, -0.2) is 24.4 Å². The first-order valence-corrected chi connectivity index (χ1v) is 5.48. The molecule has 0 saturated heterocycles. The third-order valence-corrected chi connectivity index (χ3v) is 2.62. The number of hydrogen-bond acceptors (Lipinski definition) is 5. The van der Waals surface area contributed by atoms with E-state index in [1.807, 2.05) is 18.2 Å². The Kier molecular flexibility index (Phi) is 3.57. The lowest BCUT2D eigenvalue weighted by atomic mass is 10.2. The van der Waals surface area contributed by atoms with Crippen LogP contribution in [-0.2, 0) is 6.54 Å². The minimum atomic E-state index is 0.583. The Morgan fingerprint density at radius 3 is 2.78 bits per heavy atom. The predicted octanol–water partition coefficient (Wildman–Crippen LogP) is 1.62. The van der Waals surface area contributed by atoms with Crippen molar-refractivity contribution in [1.82, 2.24) is 10.2 Å². The Bertz CT molecular complexity index is 525. The molecule has 4 N–H and O–H groups in total. The fourth-order valence-corrected chi connectivity index (χ4v) is 1.62. The second kappa shape index (κ2) is 5.31. The van der Waals surface area contributed by atoms with Crippen molar-refractivity contribution in [2.45, 2.75) is 6.54 Å². The Hall–Kier alpha value is -2.37. The topological polar surface area (TPSA) is 85.2 Å². The van der Waals surface area contributed by atoms with E-state index < -0.39 is 0 Å². The maximum absolute atomic E-state index is 5.71. The van der Waals surface area contributed by atoms with E-state index in [0.29, 0.717) is 18.1 Å². The van der Waals surface area contributed by atoms with Crippen LogP contribution in [0.15, 0.2) is 24.4 Å². The second-order valence-electron chi connectivity index (χ2n) is 3.73. The van der Waals surface area contributed by atoms with E-state index in [-0.39, 0.29) is 0 Å². The molecule has 0 spiro atoms. The van der Waals surface area contributed by atoms with Crippen LogP contribution in [0.3, 0.4) is 0 Å². The lowest BCUT2D eigenvalue weighted by Gasteiger charge is -2.11. The molecule has 1 aromatic carbocycles. The molecule has 6 nitrogen and oxygen atoms in total. The summed E-state index contributed by atoms with van der Waals surface area (Å²) in [5, 5.41) is 9.78. The van der Waals surface area contributed by atoms with E-state index in [9.17, 15) is 0 Å². The molecule has 0 atom stereocenters. The third-order valence-electron chi connectivity index (χ3n) is 2.62. The molecule has 1 heterocycles. The number of rotatable bonds is 5. The molecule has 0 unspecified atom stereocenters. The Morgan fingerprint density at radius 1 is 1.33 bits per heavy atom. The average molecular weight is 248 g/mol. The molecule has 0 bridgehead atoms. The van der Waals surface area contributed by atoms with Gasteiger partial charge in [0.1, 0.15) is 17.3 Å². The summed E-state index contributed by atoms with van der Waals surface area (Å²) >= 11 is 0. The molecule has 0 aliphatic rings. The molecule has 6 heteroatoms.